The lowest BCUT2D eigenvalue weighted by molar-refractivity contribution is 0.349. The molecule has 0 saturated heterocycles. The van der Waals surface area contributed by atoms with Crippen LogP contribution >= 0.6 is 15.9 Å². The van der Waals surface area contributed by atoms with Crippen molar-refractivity contribution >= 4 is 15.9 Å². The van der Waals surface area contributed by atoms with Crippen LogP contribution in [0.4, 0.5) is 4.39 Å². The van der Waals surface area contributed by atoms with E-state index in [0.717, 1.165) is 29.5 Å². The molecule has 0 amide bonds. The summed E-state index contributed by atoms with van der Waals surface area (Å²) in [4.78, 5) is 0. The van der Waals surface area contributed by atoms with Gasteiger partial charge in [0.1, 0.15) is 5.82 Å². The van der Waals surface area contributed by atoms with E-state index < -0.39 is 0 Å². The van der Waals surface area contributed by atoms with Gasteiger partial charge in [0, 0.05) is 4.47 Å². The Morgan fingerprint density at radius 2 is 1.84 bits per heavy atom. The van der Waals surface area contributed by atoms with Crippen LogP contribution in [0.5, 0.6) is 0 Å². The topological polar surface area (TPSA) is 12.0 Å². The van der Waals surface area contributed by atoms with Crippen molar-refractivity contribution in [3.63, 3.8) is 0 Å². The van der Waals surface area contributed by atoms with Crippen molar-refractivity contribution in [1.82, 2.24) is 5.32 Å². The first-order valence-corrected chi connectivity index (χ1v) is 7.84. The van der Waals surface area contributed by atoms with E-state index in [0.29, 0.717) is 17.8 Å². The van der Waals surface area contributed by atoms with Crippen molar-refractivity contribution in [2.75, 3.05) is 13.1 Å². The van der Waals surface area contributed by atoms with Gasteiger partial charge in [-0.15, -0.1) is 0 Å². The number of rotatable bonds is 7. The minimum atomic E-state index is -0.0993. The number of hydrogen-bond acceptors (Lipinski definition) is 1. The van der Waals surface area contributed by atoms with E-state index >= 15 is 0 Å². The predicted octanol–water partition coefficient (Wildman–Crippen LogP) is 4.65. The molecule has 1 atom stereocenters. The molecule has 3 heteroatoms. The van der Waals surface area contributed by atoms with Gasteiger partial charge in [-0.3, -0.25) is 0 Å². The van der Waals surface area contributed by atoms with Gasteiger partial charge in [0.05, 0.1) is 0 Å². The highest BCUT2D eigenvalue weighted by Crippen LogP contribution is 2.22. The normalized spacial score (nSPS) is 13.3. The molecule has 0 aliphatic heterocycles. The highest BCUT2D eigenvalue weighted by atomic mass is 79.9. The lowest BCUT2D eigenvalue weighted by Gasteiger charge is -2.22. The molecule has 1 aromatic carbocycles. The Morgan fingerprint density at radius 3 is 2.42 bits per heavy atom. The van der Waals surface area contributed by atoms with E-state index in [1.54, 1.807) is 12.1 Å². The van der Waals surface area contributed by atoms with Crippen molar-refractivity contribution in [2.45, 2.75) is 34.1 Å². The van der Waals surface area contributed by atoms with E-state index in [4.69, 9.17) is 0 Å². The Bertz CT molecular complexity index is 390. The second-order valence-corrected chi connectivity index (χ2v) is 6.91. The molecular formula is C16H25BrFN. The molecule has 0 spiro atoms. The first-order valence-electron chi connectivity index (χ1n) is 7.04. The first-order chi connectivity index (χ1) is 8.90. The van der Waals surface area contributed by atoms with Gasteiger partial charge in [-0.2, -0.15) is 0 Å². The highest BCUT2D eigenvalue weighted by molar-refractivity contribution is 9.10. The smallest absolute Gasteiger partial charge is 0.126 e. The van der Waals surface area contributed by atoms with Gasteiger partial charge >= 0.3 is 0 Å². The fourth-order valence-corrected chi connectivity index (χ4v) is 2.49. The number of nitrogens with one attached hydrogen (secondary N) is 1. The summed E-state index contributed by atoms with van der Waals surface area (Å²) in [5.41, 5.74) is 0.805. The largest absolute Gasteiger partial charge is 0.316 e. The molecular weight excluding hydrogens is 305 g/mol. The summed E-state index contributed by atoms with van der Waals surface area (Å²) in [6.45, 7) is 10.8. The standard InChI is InChI=1S/C16H25BrFN/c1-11(2)9-19-10-14(12(3)4)7-13-8-15(17)5-6-16(13)18/h5-6,8,11-12,14,19H,7,9-10H2,1-4H3. The zero-order chi connectivity index (χ0) is 14.4. The number of benzene rings is 1. The molecule has 0 heterocycles. The molecule has 0 aromatic heterocycles. The van der Waals surface area contributed by atoms with E-state index in [9.17, 15) is 4.39 Å². The molecule has 1 aromatic rings. The first kappa shape index (κ1) is 16.6. The maximum absolute atomic E-state index is 13.8. The van der Waals surface area contributed by atoms with E-state index in [2.05, 4.69) is 48.9 Å². The van der Waals surface area contributed by atoms with E-state index in [-0.39, 0.29) is 5.82 Å². The molecule has 0 aliphatic rings. The Morgan fingerprint density at radius 1 is 1.16 bits per heavy atom. The van der Waals surface area contributed by atoms with Crippen LogP contribution in [0.2, 0.25) is 0 Å². The molecule has 0 aliphatic carbocycles. The summed E-state index contributed by atoms with van der Waals surface area (Å²) < 4.78 is 14.7. The maximum Gasteiger partial charge on any atom is 0.126 e. The summed E-state index contributed by atoms with van der Waals surface area (Å²) in [5, 5.41) is 3.49. The summed E-state index contributed by atoms with van der Waals surface area (Å²) in [5.74, 6) is 1.55. The third-order valence-corrected chi connectivity index (χ3v) is 3.89. The third-order valence-electron chi connectivity index (χ3n) is 3.39. The van der Waals surface area contributed by atoms with Gasteiger partial charge < -0.3 is 5.32 Å². The van der Waals surface area contributed by atoms with Gasteiger partial charge in [0.15, 0.2) is 0 Å². The second-order valence-electron chi connectivity index (χ2n) is 6.00. The van der Waals surface area contributed by atoms with Crippen LogP contribution in [0.3, 0.4) is 0 Å². The SMILES string of the molecule is CC(C)CNCC(Cc1cc(Br)ccc1F)C(C)C. The lowest BCUT2D eigenvalue weighted by Crippen LogP contribution is -2.30. The molecule has 0 saturated carbocycles. The van der Waals surface area contributed by atoms with Crippen LogP contribution in [0.25, 0.3) is 0 Å². The summed E-state index contributed by atoms with van der Waals surface area (Å²) >= 11 is 3.41. The van der Waals surface area contributed by atoms with Gasteiger partial charge in [-0.05, 0) is 61.0 Å². The average Bonchev–Trinajstić information content (AvgIpc) is 2.31. The van der Waals surface area contributed by atoms with Crippen LogP contribution in [0, 0.1) is 23.6 Å². The predicted molar refractivity (Wildman–Crippen MR) is 83.8 cm³/mol. The molecule has 19 heavy (non-hydrogen) atoms. The minimum absolute atomic E-state index is 0.0993. The molecule has 0 fully saturated rings. The summed E-state index contributed by atoms with van der Waals surface area (Å²) in [7, 11) is 0. The summed E-state index contributed by atoms with van der Waals surface area (Å²) in [6, 6.07) is 5.19. The Balaban J connectivity index is 2.64. The molecule has 1 unspecified atom stereocenters. The van der Waals surface area contributed by atoms with E-state index in [1.165, 1.54) is 0 Å². The molecule has 1 nitrogen and oxygen atoms in total. The Kier molecular flexibility index (Phi) is 7.01. The van der Waals surface area contributed by atoms with Crippen LogP contribution in [-0.4, -0.2) is 13.1 Å². The van der Waals surface area contributed by atoms with Gasteiger partial charge in [-0.25, -0.2) is 4.39 Å². The van der Waals surface area contributed by atoms with Crippen LogP contribution in [-0.2, 0) is 6.42 Å². The minimum Gasteiger partial charge on any atom is -0.316 e. The quantitative estimate of drug-likeness (QED) is 0.767. The molecule has 0 bridgehead atoms. The zero-order valence-electron chi connectivity index (χ0n) is 12.3. The molecule has 1 N–H and O–H groups in total. The maximum atomic E-state index is 13.8. The van der Waals surface area contributed by atoms with Crippen molar-refractivity contribution in [2.24, 2.45) is 17.8 Å². The molecule has 108 valence electrons. The van der Waals surface area contributed by atoms with Crippen molar-refractivity contribution in [1.29, 1.82) is 0 Å². The highest BCUT2D eigenvalue weighted by Gasteiger charge is 2.16. The van der Waals surface area contributed by atoms with Crippen molar-refractivity contribution < 1.29 is 4.39 Å². The molecule has 0 radical (unpaired) electrons. The Labute approximate surface area is 125 Å². The van der Waals surface area contributed by atoms with Crippen LogP contribution in [0.15, 0.2) is 22.7 Å². The zero-order valence-corrected chi connectivity index (χ0v) is 13.9. The third kappa shape index (κ3) is 6.05. The molecule has 1 rings (SSSR count). The monoisotopic (exact) mass is 329 g/mol. The number of halogens is 2. The van der Waals surface area contributed by atoms with Crippen LogP contribution in [0.1, 0.15) is 33.3 Å². The number of hydrogen-bond donors (Lipinski definition) is 1. The Hall–Kier alpha value is -0.410. The second kappa shape index (κ2) is 8.01. The van der Waals surface area contributed by atoms with Crippen LogP contribution < -0.4 is 5.32 Å². The van der Waals surface area contributed by atoms with Crippen molar-refractivity contribution in [3.8, 4) is 0 Å². The average molecular weight is 330 g/mol. The fourth-order valence-electron chi connectivity index (χ4n) is 2.08. The fraction of sp³-hybridized carbons (Fsp3) is 0.625. The summed E-state index contributed by atoms with van der Waals surface area (Å²) in [6.07, 6.45) is 0.786. The lowest BCUT2D eigenvalue weighted by atomic mass is 9.89. The van der Waals surface area contributed by atoms with Gasteiger partial charge in [-0.1, -0.05) is 43.6 Å². The van der Waals surface area contributed by atoms with E-state index in [1.807, 2.05) is 6.07 Å². The van der Waals surface area contributed by atoms with Gasteiger partial charge in [0.25, 0.3) is 0 Å². The van der Waals surface area contributed by atoms with Crippen molar-refractivity contribution in [3.05, 3.63) is 34.1 Å². The van der Waals surface area contributed by atoms with Gasteiger partial charge in [0.2, 0.25) is 0 Å².